The maximum atomic E-state index is 13.2. The maximum absolute atomic E-state index is 13.2. The second-order valence-corrected chi connectivity index (χ2v) is 3.25. The van der Waals surface area contributed by atoms with E-state index in [1.54, 1.807) is 13.0 Å². The molecule has 0 saturated heterocycles. The first-order chi connectivity index (χ1) is 6.07. The number of benzene rings is 1. The van der Waals surface area contributed by atoms with Crippen LogP contribution in [0.25, 0.3) is 0 Å². The lowest BCUT2D eigenvalue weighted by Gasteiger charge is -2.07. The zero-order valence-corrected chi connectivity index (χ0v) is 8.03. The van der Waals surface area contributed by atoms with Crippen LogP contribution in [-0.2, 0) is 6.42 Å². The Bertz CT molecular complexity index is 328. The highest BCUT2D eigenvalue weighted by molar-refractivity contribution is 6.32. The second kappa shape index (κ2) is 3.94. The third-order valence-corrected chi connectivity index (χ3v) is 2.33. The van der Waals surface area contributed by atoms with Gasteiger partial charge in [0.1, 0.15) is 0 Å². The summed E-state index contributed by atoms with van der Waals surface area (Å²) in [4.78, 5) is 0. The molecule has 0 aliphatic heterocycles. The summed E-state index contributed by atoms with van der Waals surface area (Å²) in [5, 5.41) is 9.31. The third-order valence-electron chi connectivity index (χ3n) is 1.85. The van der Waals surface area contributed by atoms with Crippen molar-refractivity contribution in [3.8, 4) is 5.75 Å². The molecule has 0 atom stereocenters. The highest BCUT2D eigenvalue weighted by Gasteiger charge is 2.13. The summed E-state index contributed by atoms with van der Waals surface area (Å²) >= 11 is 5.63. The molecule has 3 N–H and O–H groups in total. The molecule has 0 spiro atoms. The quantitative estimate of drug-likeness (QED) is 0.772. The Hall–Kier alpha value is -0.800. The summed E-state index contributed by atoms with van der Waals surface area (Å²) in [6.45, 7) is 2.05. The zero-order valence-electron chi connectivity index (χ0n) is 7.27. The van der Waals surface area contributed by atoms with E-state index in [4.69, 9.17) is 17.3 Å². The van der Waals surface area contributed by atoms with E-state index in [1.807, 2.05) is 0 Å². The number of hydrogen-bond donors (Lipinski definition) is 2. The minimum absolute atomic E-state index is 0.0678. The molecule has 1 rings (SSSR count). The summed E-state index contributed by atoms with van der Waals surface area (Å²) in [6.07, 6.45) is 0.400. The minimum Gasteiger partial charge on any atom is -0.504 e. The van der Waals surface area contributed by atoms with Crippen molar-refractivity contribution in [3.05, 3.63) is 28.0 Å². The fraction of sp³-hybridized carbons (Fsp3) is 0.333. The zero-order chi connectivity index (χ0) is 10.0. The lowest BCUT2D eigenvalue weighted by Crippen LogP contribution is -2.05. The average Bonchev–Trinajstić information content (AvgIpc) is 2.11. The van der Waals surface area contributed by atoms with Crippen molar-refractivity contribution in [1.29, 1.82) is 0 Å². The SMILES string of the molecule is Cc1cc(CCN)c(F)c(O)c1Cl. The lowest BCUT2D eigenvalue weighted by molar-refractivity contribution is 0.428. The van der Waals surface area contributed by atoms with Gasteiger partial charge in [-0.15, -0.1) is 0 Å². The van der Waals surface area contributed by atoms with Gasteiger partial charge in [-0.25, -0.2) is 4.39 Å². The van der Waals surface area contributed by atoms with E-state index in [1.165, 1.54) is 0 Å². The van der Waals surface area contributed by atoms with Crippen molar-refractivity contribution >= 4 is 11.6 Å². The molecule has 0 heterocycles. The normalized spacial score (nSPS) is 10.5. The van der Waals surface area contributed by atoms with Gasteiger partial charge in [0.15, 0.2) is 11.6 Å². The number of rotatable bonds is 2. The Morgan fingerprint density at radius 3 is 2.77 bits per heavy atom. The van der Waals surface area contributed by atoms with Gasteiger partial charge < -0.3 is 10.8 Å². The van der Waals surface area contributed by atoms with Crippen LogP contribution in [0.15, 0.2) is 6.07 Å². The minimum atomic E-state index is -0.666. The molecular weight excluding hydrogens is 193 g/mol. The van der Waals surface area contributed by atoms with Gasteiger partial charge in [0, 0.05) is 0 Å². The van der Waals surface area contributed by atoms with Gasteiger partial charge in [-0.2, -0.15) is 0 Å². The molecule has 72 valence electrons. The third kappa shape index (κ3) is 1.92. The van der Waals surface area contributed by atoms with Gasteiger partial charge in [-0.05, 0) is 31.0 Å². The molecule has 1 aromatic carbocycles. The van der Waals surface area contributed by atoms with E-state index in [-0.39, 0.29) is 5.02 Å². The van der Waals surface area contributed by atoms with Crippen molar-refractivity contribution in [1.82, 2.24) is 0 Å². The van der Waals surface area contributed by atoms with Gasteiger partial charge in [0.2, 0.25) is 0 Å². The molecular formula is C9H11ClFNO. The standard InChI is InChI=1S/C9H11ClFNO/c1-5-4-6(2-3-12)8(11)9(13)7(5)10/h4,13H,2-3,12H2,1H3. The van der Waals surface area contributed by atoms with Crippen LogP contribution in [0, 0.1) is 12.7 Å². The second-order valence-electron chi connectivity index (χ2n) is 2.87. The van der Waals surface area contributed by atoms with Gasteiger partial charge >= 0.3 is 0 Å². The van der Waals surface area contributed by atoms with E-state index in [9.17, 15) is 9.50 Å². The molecule has 0 bridgehead atoms. The van der Waals surface area contributed by atoms with Crippen LogP contribution in [0.5, 0.6) is 5.75 Å². The molecule has 13 heavy (non-hydrogen) atoms. The first-order valence-electron chi connectivity index (χ1n) is 3.94. The van der Waals surface area contributed by atoms with Crippen LogP contribution in [0.3, 0.4) is 0 Å². The molecule has 4 heteroatoms. The predicted molar refractivity (Wildman–Crippen MR) is 50.6 cm³/mol. The maximum Gasteiger partial charge on any atom is 0.170 e. The molecule has 2 nitrogen and oxygen atoms in total. The summed E-state index contributed by atoms with van der Waals surface area (Å²) in [7, 11) is 0. The van der Waals surface area contributed by atoms with Gasteiger partial charge in [-0.1, -0.05) is 17.7 Å². The van der Waals surface area contributed by atoms with Crippen molar-refractivity contribution < 1.29 is 9.50 Å². The number of nitrogens with two attached hydrogens (primary N) is 1. The molecule has 0 amide bonds. The summed E-state index contributed by atoms with van der Waals surface area (Å²) in [6, 6.07) is 1.60. The van der Waals surface area contributed by atoms with E-state index in [0.717, 1.165) is 0 Å². The molecule has 0 radical (unpaired) electrons. The molecule has 0 aliphatic rings. The number of aromatic hydroxyl groups is 1. The Kier molecular flexibility index (Phi) is 3.12. The Balaban J connectivity index is 3.24. The topological polar surface area (TPSA) is 46.2 Å². The van der Waals surface area contributed by atoms with Crippen molar-refractivity contribution in [2.24, 2.45) is 5.73 Å². The largest absolute Gasteiger partial charge is 0.504 e. The molecule has 0 aromatic heterocycles. The van der Waals surface area contributed by atoms with Crippen molar-refractivity contribution in [2.75, 3.05) is 6.54 Å². The molecule has 0 saturated carbocycles. The Morgan fingerprint density at radius 2 is 2.23 bits per heavy atom. The number of phenolic OH excluding ortho intramolecular Hbond substituents is 1. The number of halogens is 2. The van der Waals surface area contributed by atoms with Crippen LogP contribution < -0.4 is 5.73 Å². The van der Waals surface area contributed by atoms with E-state index in [2.05, 4.69) is 0 Å². The Morgan fingerprint density at radius 1 is 1.62 bits per heavy atom. The number of hydrogen-bond acceptors (Lipinski definition) is 2. The Labute approximate surface area is 81.1 Å². The molecule has 0 unspecified atom stereocenters. The fourth-order valence-corrected chi connectivity index (χ4v) is 1.30. The smallest absolute Gasteiger partial charge is 0.170 e. The summed E-state index contributed by atoms with van der Waals surface area (Å²) in [5.74, 6) is -1.15. The highest BCUT2D eigenvalue weighted by Crippen LogP contribution is 2.32. The molecule has 1 aromatic rings. The van der Waals surface area contributed by atoms with Gasteiger partial charge in [0.05, 0.1) is 5.02 Å². The van der Waals surface area contributed by atoms with E-state index in [0.29, 0.717) is 24.1 Å². The average molecular weight is 204 g/mol. The fourth-order valence-electron chi connectivity index (χ4n) is 1.16. The van der Waals surface area contributed by atoms with E-state index < -0.39 is 11.6 Å². The predicted octanol–water partition coefficient (Wildman–Crippen LogP) is 1.99. The highest BCUT2D eigenvalue weighted by atomic mass is 35.5. The van der Waals surface area contributed by atoms with Crippen molar-refractivity contribution in [3.63, 3.8) is 0 Å². The van der Waals surface area contributed by atoms with Crippen molar-refractivity contribution in [2.45, 2.75) is 13.3 Å². The van der Waals surface area contributed by atoms with Crippen LogP contribution in [-0.4, -0.2) is 11.7 Å². The molecule has 0 fully saturated rings. The first kappa shape index (κ1) is 10.3. The van der Waals surface area contributed by atoms with Crippen LogP contribution in [0.1, 0.15) is 11.1 Å². The van der Waals surface area contributed by atoms with E-state index >= 15 is 0 Å². The first-order valence-corrected chi connectivity index (χ1v) is 4.32. The number of phenols is 1. The summed E-state index contributed by atoms with van der Waals surface area (Å²) < 4.78 is 13.2. The monoisotopic (exact) mass is 203 g/mol. The number of aryl methyl sites for hydroxylation is 1. The lowest BCUT2D eigenvalue weighted by atomic mass is 10.1. The van der Waals surface area contributed by atoms with Gasteiger partial charge in [-0.3, -0.25) is 0 Å². The summed E-state index contributed by atoms with van der Waals surface area (Å²) in [5.41, 5.74) is 6.35. The van der Waals surface area contributed by atoms with Crippen LogP contribution in [0.4, 0.5) is 4.39 Å². The van der Waals surface area contributed by atoms with Crippen LogP contribution >= 0.6 is 11.6 Å². The van der Waals surface area contributed by atoms with Gasteiger partial charge in [0.25, 0.3) is 0 Å². The van der Waals surface area contributed by atoms with Crippen LogP contribution in [0.2, 0.25) is 5.02 Å². The molecule has 0 aliphatic carbocycles.